The number of rotatable bonds is 6. The average Bonchev–Trinajstić information content (AvgIpc) is 2.98. The molecule has 2 rings (SSSR count). The minimum absolute atomic E-state index is 0.205. The molecule has 0 aliphatic carbocycles. The van der Waals surface area contributed by atoms with Crippen LogP contribution in [0.5, 0.6) is 0 Å². The van der Waals surface area contributed by atoms with Crippen molar-refractivity contribution in [2.45, 2.75) is 32.1 Å². The second-order valence-electron chi connectivity index (χ2n) is 4.99. The fourth-order valence-corrected chi connectivity index (χ4v) is 2.16. The molecule has 0 aliphatic heterocycles. The largest absolute Gasteiger partial charge is 0.454 e. The maximum absolute atomic E-state index is 11.9. The van der Waals surface area contributed by atoms with Crippen molar-refractivity contribution in [3.63, 3.8) is 0 Å². The third kappa shape index (κ3) is 4.36. The highest BCUT2D eigenvalue weighted by Crippen LogP contribution is 2.21. The molecular weight excluding hydrogens is 286 g/mol. The number of furan rings is 1. The minimum Gasteiger partial charge on any atom is -0.454 e. The summed E-state index contributed by atoms with van der Waals surface area (Å²) < 4.78 is 5.40. The van der Waals surface area contributed by atoms with Gasteiger partial charge in [0.05, 0.1) is 5.38 Å². The molecule has 1 aromatic carbocycles. The molecule has 21 heavy (non-hydrogen) atoms. The van der Waals surface area contributed by atoms with Gasteiger partial charge in [0.2, 0.25) is 0 Å². The third-order valence-electron chi connectivity index (χ3n) is 3.37. The molecule has 0 radical (unpaired) electrons. The summed E-state index contributed by atoms with van der Waals surface area (Å²) in [4.78, 5) is 11.9. The zero-order chi connectivity index (χ0) is 15.2. The molecule has 0 aliphatic rings. The van der Waals surface area contributed by atoms with E-state index in [-0.39, 0.29) is 11.3 Å². The summed E-state index contributed by atoms with van der Waals surface area (Å²) >= 11 is 5.90. The van der Waals surface area contributed by atoms with E-state index in [1.54, 1.807) is 12.1 Å². The number of amides is 1. The Hall–Kier alpha value is -1.74. The van der Waals surface area contributed by atoms with E-state index in [1.807, 2.05) is 6.92 Å². The zero-order valence-corrected chi connectivity index (χ0v) is 13.1. The van der Waals surface area contributed by atoms with Gasteiger partial charge in [0, 0.05) is 6.54 Å². The monoisotopic (exact) mass is 305 g/mol. The number of hydrogen-bond donors (Lipinski definition) is 1. The third-order valence-corrected chi connectivity index (χ3v) is 3.59. The number of hydrogen-bond acceptors (Lipinski definition) is 2. The van der Waals surface area contributed by atoms with Gasteiger partial charge < -0.3 is 9.73 Å². The molecule has 4 heteroatoms. The first-order valence-corrected chi connectivity index (χ1v) is 7.63. The van der Waals surface area contributed by atoms with Crippen LogP contribution >= 0.6 is 11.6 Å². The number of halogens is 1. The van der Waals surface area contributed by atoms with Crippen LogP contribution in [-0.4, -0.2) is 12.5 Å². The number of benzene rings is 1. The minimum atomic E-state index is -0.233. The summed E-state index contributed by atoms with van der Waals surface area (Å²) in [7, 11) is 0. The highest BCUT2D eigenvalue weighted by Gasteiger charge is 2.13. The van der Waals surface area contributed by atoms with E-state index in [2.05, 4.69) is 36.5 Å². The quantitative estimate of drug-likeness (QED) is 0.816. The molecule has 0 fully saturated rings. The van der Waals surface area contributed by atoms with Crippen LogP contribution in [0.25, 0.3) is 0 Å². The van der Waals surface area contributed by atoms with Gasteiger partial charge in [0.25, 0.3) is 5.91 Å². The summed E-state index contributed by atoms with van der Waals surface area (Å²) in [6, 6.07) is 11.8. The van der Waals surface area contributed by atoms with E-state index < -0.39 is 0 Å². The van der Waals surface area contributed by atoms with Gasteiger partial charge in [-0.05, 0) is 43.0 Å². The SMILES string of the molecule is CCc1ccc(CCNC(=O)c2ccc(C(C)Cl)o2)cc1. The zero-order valence-electron chi connectivity index (χ0n) is 12.4. The van der Waals surface area contributed by atoms with Gasteiger partial charge in [-0.2, -0.15) is 0 Å². The lowest BCUT2D eigenvalue weighted by Crippen LogP contribution is -2.25. The number of nitrogens with one attached hydrogen (secondary N) is 1. The van der Waals surface area contributed by atoms with Crippen LogP contribution in [0.4, 0.5) is 0 Å². The Morgan fingerprint density at radius 1 is 1.19 bits per heavy atom. The summed E-state index contributed by atoms with van der Waals surface area (Å²) in [6.07, 6.45) is 1.84. The first-order valence-electron chi connectivity index (χ1n) is 7.20. The van der Waals surface area contributed by atoms with E-state index in [0.717, 1.165) is 12.8 Å². The van der Waals surface area contributed by atoms with Gasteiger partial charge in [-0.15, -0.1) is 11.6 Å². The highest BCUT2D eigenvalue weighted by atomic mass is 35.5. The average molecular weight is 306 g/mol. The Balaban J connectivity index is 1.83. The molecule has 0 spiro atoms. The molecule has 0 saturated heterocycles. The molecular formula is C17H20ClNO2. The highest BCUT2D eigenvalue weighted by molar-refractivity contribution is 6.20. The Morgan fingerprint density at radius 2 is 1.86 bits per heavy atom. The molecule has 1 unspecified atom stereocenters. The van der Waals surface area contributed by atoms with Gasteiger partial charge in [0.15, 0.2) is 5.76 Å². The molecule has 3 nitrogen and oxygen atoms in total. The summed E-state index contributed by atoms with van der Waals surface area (Å²) in [5.41, 5.74) is 2.53. The molecule has 112 valence electrons. The van der Waals surface area contributed by atoms with Gasteiger partial charge in [-0.3, -0.25) is 4.79 Å². The molecule has 1 amide bonds. The van der Waals surface area contributed by atoms with E-state index in [9.17, 15) is 4.79 Å². The van der Waals surface area contributed by atoms with Crippen molar-refractivity contribution in [2.75, 3.05) is 6.54 Å². The lowest BCUT2D eigenvalue weighted by Gasteiger charge is -2.05. The van der Waals surface area contributed by atoms with E-state index in [4.69, 9.17) is 16.0 Å². The van der Waals surface area contributed by atoms with Crippen molar-refractivity contribution >= 4 is 17.5 Å². The molecule has 0 saturated carbocycles. The maximum atomic E-state index is 11.9. The predicted molar refractivity (Wildman–Crippen MR) is 84.8 cm³/mol. The molecule has 0 bridgehead atoms. The van der Waals surface area contributed by atoms with Crippen molar-refractivity contribution in [1.82, 2.24) is 5.32 Å². The fourth-order valence-electron chi connectivity index (χ4n) is 2.04. The maximum Gasteiger partial charge on any atom is 0.287 e. The second-order valence-corrected chi connectivity index (χ2v) is 5.65. The molecule has 1 atom stereocenters. The predicted octanol–water partition coefficient (Wildman–Crippen LogP) is 4.11. The smallest absolute Gasteiger partial charge is 0.287 e. The van der Waals surface area contributed by atoms with Crippen molar-refractivity contribution in [1.29, 1.82) is 0 Å². The van der Waals surface area contributed by atoms with E-state index in [1.165, 1.54) is 11.1 Å². The van der Waals surface area contributed by atoms with E-state index in [0.29, 0.717) is 18.1 Å². The Morgan fingerprint density at radius 3 is 2.43 bits per heavy atom. The number of carbonyl (C=O) groups is 1. The van der Waals surface area contributed by atoms with Crippen LogP contribution in [0.15, 0.2) is 40.8 Å². The fraction of sp³-hybridized carbons (Fsp3) is 0.353. The Bertz CT molecular complexity index is 587. The van der Waals surface area contributed by atoms with Crippen molar-refractivity contribution < 1.29 is 9.21 Å². The normalized spacial score (nSPS) is 12.1. The summed E-state index contributed by atoms with van der Waals surface area (Å²) in [5, 5.41) is 2.62. The number of carbonyl (C=O) groups excluding carboxylic acids is 1. The first-order chi connectivity index (χ1) is 10.1. The van der Waals surface area contributed by atoms with Crippen molar-refractivity contribution in [3.05, 3.63) is 59.0 Å². The van der Waals surface area contributed by atoms with Crippen LogP contribution in [-0.2, 0) is 12.8 Å². The van der Waals surface area contributed by atoms with E-state index >= 15 is 0 Å². The van der Waals surface area contributed by atoms with Crippen molar-refractivity contribution in [3.8, 4) is 0 Å². The topological polar surface area (TPSA) is 42.2 Å². The second kappa shape index (κ2) is 7.32. The van der Waals surface area contributed by atoms with Crippen LogP contribution < -0.4 is 5.32 Å². The van der Waals surface area contributed by atoms with Crippen LogP contribution in [0, 0.1) is 0 Å². The molecule has 2 aromatic rings. The summed E-state index contributed by atoms with van der Waals surface area (Å²) in [6.45, 7) is 4.52. The number of alkyl halides is 1. The van der Waals surface area contributed by atoms with Gasteiger partial charge in [-0.1, -0.05) is 31.2 Å². The lowest BCUT2D eigenvalue weighted by atomic mass is 10.1. The van der Waals surface area contributed by atoms with Crippen LogP contribution in [0.2, 0.25) is 0 Å². The Kier molecular flexibility index (Phi) is 5.45. The van der Waals surface area contributed by atoms with Crippen LogP contribution in [0.1, 0.15) is 46.7 Å². The molecule has 1 N–H and O–H groups in total. The molecule has 1 aromatic heterocycles. The van der Waals surface area contributed by atoms with Gasteiger partial charge in [0.1, 0.15) is 5.76 Å². The standard InChI is InChI=1S/C17H20ClNO2/c1-3-13-4-6-14(7-5-13)10-11-19-17(20)16-9-8-15(21-16)12(2)18/h4-9,12H,3,10-11H2,1-2H3,(H,19,20). The van der Waals surface area contributed by atoms with Gasteiger partial charge >= 0.3 is 0 Å². The molecule has 1 heterocycles. The van der Waals surface area contributed by atoms with Crippen LogP contribution in [0.3, 0.4) is 0 Å². The lowest BCUT2D eigenvalue weighted by molar-refractivity contribution is 0.0924. The van der Waals surface area contributed by atoms with Crippen molar-refractivity contribution in [2.24, 2.45) is 0 Å². The Labute approximate surface area is 130 Å². The number of aryl methyl sites for hydroxylation is 1. The summed E-state index contributed by atoms with van der Waals surface area (Å²) in [5.74, 6) is 0.708. The van der Waals surface area contributed by atoms with Gasteiger partial charge in [-0.25, -0.2) is 0 Å². The first kappa shape index (κ1) is 15.6.